The normalized spacial score (nSPS) is 11.1. The lowest BCUT2D eigenvalue weighted by atomic mass is 9.97. The first kappa shape index (κ1) is 18.2. The zero-order chi connectivity index (χ0) is 13.3. The standard InChI is InChI=1S/C14H14N2O2.2ClH/c1-8(14(17)18)10-4-2-9-3-5-11(13(15)16)7-12(9)6-10;;/h2-8H,1H3,(H3,15,16)(H,17,18);2*1H. The Labute approximate surface area is 129 Å². The molecule has 0 amide bonds. The monoisotopic (exact) mass is 314 g/mol. The van der Waals surface area contributed by atoms with Gasteiger partial charge in [-0.2, -0.15) is 0 Å². The first-order chi connectivity index (χ1) is 8.49. The van der Waals surface area contributed by atoms with Crippen molar-refractivity contribution in [3.8, 4) is 0 Å². The zero-order valence-corrected chi connectivity index (χ0v) is 12.4. The molecule has 108 valence electrons. The van der Waals surface area contributed by atoms with Crippen molar-refractivity contribution in [1.82, 2.24) is 0 Å². The second kappa shape index (κ2) is 7.12. The number of nitrogen functional groups attached to an aromatic ring is 1. The number of rotatable bonds is 3. The van der Waals surface area contributed by atoms with Gasteiger partial charge >= 0.3 is 5.97 Å². The van der Waals surface area contributed by atoms with E-state index in [0.29, 0.717) is 5.56 Å². The average molecular weight is 315 g/mol. The second-order valence-corrected chi connectivity index (χ2v) is 4.29. The smallest absolute Gasteiger partial charge is 0.310 e. The molecule has 0 aromatic heterocycles. The van der Waals surface area contributed by atoms with Crippen LogP contribution in [0.3, 0.4) is 0 Å². The van der Waals surface area contributed by atoms with Crippen LogP contribution in [0.15, 0.2) is 36.4 Å². The summed E-state index contributed by atoms with van der Waals surface area (Å²) in [4.78, 5) is 11.0. The molecule has 0 bridgehead atoms. The van der Waals surface area contributed by atoms with Crippen molar-refractivity contribution < 1.29 is 9.90 Å². The van der Waals surface area contributed by atoms with E-state index in [1.165, 1.54) is 0 Å². The van der Waals surface area contributed by atoms with Gasteiger partial charge in [0.2, 0.25) is 0 Å². The molecule has 4 nitrogen and oxygen atoms in total. The van der Waals surface area contributed by atoms with Crippen molar-refractivity contribution in [2.75, 3.05) is 0 Å². The molecule has 0 saturated heterocycles. The Balaban J connectivity index is 0.00000180. The quantitative estimate of drug-likeness (QED) is 0.600. The van der Waals surface area contributed by atoms with Crippen LogP contribution in [-0.2, 0) is 4.79 Å². The minimum Gasteiger partial charge on any atom is -0.481 e. The van der Waals surface area contributed by atoms with Crippen LogP contribution in [0.25, 0.3) is 10.8 Å². The number of halogens is 2. The molecule has 4 N–H and O–H groups in total. The molecule has 1 atom stereocenters. The number of nitrogens with two attached hydrogens (primary N) is 1. The molecule has 0 aliphatic carbocycles. The van der Waals surface area contributed by atoms with Gasteiger partial charge in [0.15, 0.2) is 0 Å². The zero-order valence-electron chi connectivity index (χ0n) is 10.8. The molecule has 0 heterocycles. The van der Waals surface area contributed by atoms with Crippen molar-refractivity contribution in [3.63, 3.8) is 0 Å². The molecular formula is C14H16Cl2N2O2. The van der Waals surface area contributed by atoms with E-state index in [-0.39, 0.29) is 30.6 Å². The Morgan fingerprint density at radius 2 is 1.75 bits per heavy atom. The molecule has 2 aromatic rings. The van der Waals surface area contributed by atoms with E-state index in [4.69, 9.17) is 16.2 Å². The van der Waals surface area contributed by atoms with E-state index in [1.54, 1.807) is 19.1 Å². The van der Waals surface area contributed by atoms with Crippen LogP contribution < -0.4 is 5.73 Å². The summed E-state index contributed by atoms with van der Waals surface area (Å²) in [5.41, 5.74) is 6.83. The Kier molecular flexibility index (Phi) is 6.49. The number of hydrogen-bond acceptors (Lipinski definition) is 2. The van der Waals surface area contributed by atoms with Gasteiger partial charge < -0.3 is 10.8 Å². The summed E-state index contributed by atoms with van der Waals surface area (Å²) in [5.74, 6) is -1.39. The van der Waals surface area contributed by atoms with E-state index in [1.807, 2.05) is 24.3 Å². The van der Waals surface area contributed by atoms with Crippen LogP contribution in [0.4, 0.5) is 0 Å². The summed E-state index contributed by atoms with van der Waals surface area (Å²) in [7, 11) is 0. The SMILES string of the molecule is CC(C(=O)O)c1ccc2ccc(C(=N)N)cc2c1.Cl.Cl. The van der Waals surface area contributed by atoms with Crippen molar-refractivity contribution in [2.45, 2.75) is 12.8 Å². The largest absolute Gasteiger partial charge is 0.481 e. The van der Waals surface area contributed by atoms with Gasteiger partial charge in [-0.05, 0) is 29.3 Å². The Bertz CT molecular complexity index is 644. The van der Waals surface area contributed by atoms with Gasteiger partial charge in [-0.1, -0.05) is 30.3 Å². The highest BCUT2D eigenvalue weighted by molar-refractivity contribution is 5.99. The maximum absolute atomic E-state index is 11.0. The van der Waals surface area contributed by atoms with Crippen LogP contribution >= 0.6 is 24.8 Å². The molecular weight excluding hydrogens is 299 g/mol. The molecule has 20 heavy (non-hydrogen) atoms. The Morgan fingerprint density at radius 3 is 2.30 bits per heavy atom. The number of nitrogens with one attached hydrogen (secondary N) is 1. The fourth-order valence-corrected chi connectivity index (χ4v) is 1.84. The number of hydrogen-bond donors (Lipinski definition) is 3. The van der Waals surface area contributed by atoms with Crippen LogP contribution in [0.1, 0.15) is 24.0 Å². The summed E-state index contributed by atoms with van der Waals surface area (Å²) in [6.07, 6.45) is 0. The number of carboxylic acid groups (broad SMARTS) is 1. The number of carboxylic acids is 1. The molecule has 6 heteroatoms. The highest BCUT2D eigenvalue weighted by atomic mass is 35.5. The summed E-state index contributed by atoms with van der Waals surface area (Å²) in [6, 6.07) is 11.0. The summed E-state index contributed by atoms with van der Waals surface area (Å²) in [5, 5.41) is 18.3. The van der Waals surface area contributed by atoms with Crippen LogP contribution in [-0.4, -0.2) is 16.9 Å². The molecule has 0 radical (unpaired) electrons. The van der Waals surface area contributed by atoms with Gasteiger partial charge in [-0.25, -0.2) is 0 Å². The molecule has 2 rings (SSSR count). The van der Waals surface area contributed by atoms with Gasteiger partial charge in [0.1, 0.15) is 5.84 Å². The fraction of sp³-hybridized carbons (Fsp3) is 0.143. The second-order valence-electron chi connectivity index (χ2n) is 4.29. The number of carbonyl (C=O) groups is 1. The topological polar surface area (TPSA) is 87.2 Å². The van der Waals surface area contributed by atoms with Gasteiger partial charge in [-0.3, -0.25) is 10.2 Å². The van der Waals surface area contributed by atoms with Crippen molar-refractivity contribution in [2.24, 2.45) is 5.73 Å². The molecule has 1 unspecified atom stereocenters. The third kappa shape index (κ3) is 3.62. The predicted molar refractivity (Wildman–Crippen MR) is 85.5 cm³/mol. The minimum absolute atomic E-state index is 0. The number of benzene rings is 2. The Morgan fingerprint density at radius 1 is 1.15 bits per heavy atom. The number of aliphatic carboxylic acids is 1. The van der Waals surface area contributed by atoms with E-state index in [9.17, 15) is 4.79 Å². The molecule has 0 aliphatic rings. The van der Waals surface area contributed by atoms with E-state index < -0.39 is 11.9 Å². The van der Waals surface area contributed by atoms with Crippen molar-refractivity contribution in [1.29, 1.82) is 5.41 Å². The van der Waals surface area contributed by atoms with Crippen molar-refractivity contribution in [3.05, 3.63) is 47.5 Å². The predicted octanol–water partition coefficient (Wildman–Crippen LogP) is 3.16. The lowest BCUT2D eigenvalue weighted by molar-refractivity contribution is -0.138. The highest BCUT2D eigenvalue weighted by Crippen LogP contribution is 2.22. The molecule has 2 aromatic carbocycles. The molecule has 0 aliphatic heterocycles. The van der Waals surface area contributed by atoms with Gasteiger partial charge in [-0.15, -0.1) is 24.8 Å². The average Bonchev–Trinajstić information content (AvgIpc) is 2.36. The van der Waals surface area contributed by atoms with Crippen molar-refractivity contribution >= 4 is 47.4 Å². The molecule has 0 saturated carbocycles. The summed E-state index contributed by atoms with van der Waals surface area (Å²) < 4.78 is 0. The maximum atomic E-state index is 11.0. The van der Waals surface area contributed by atoms with E-state index in [2.05, 4.69) is 0 Å². The molecule has 0 spiro atoms. The minimum atomic E-state index is -0.850. The van der Waals surface area contributed by atoms with E-state index in [0.717, 1.165) is 16.3 Å². The van der Waals surface area contributed by atoms with Gasteiger partial charge in [0, 0.05) is 5.56 Å². The lowest BCUT2D eigenvalue weighted by Crippen LogP contribution is -2.10. The van der Waals surface area contributed by atoms with Crippen LogP contribution in [0.2, 0.25) is 0 Å². The summed E-state index contributed by atoms with van der Waals surface area (Å²) in [6.45, 7) is 1.65. The van der Waals surface area contributed by atoms with Gasteiger partial charge in [0.05, 0.1) is 5.92 Å². The maximum Gasteiger partial charge on any atom is 0.310 e. The molecule has 0 fully saturated rings. The first-order valence-corrected chi connectivity index (χ1v) is 5.60. The third-order valence-corrected chi connectivity index (χ3v) is 3.05. The first-order valence-electron chi connectivity index (χ1n) is 5.60. The lowest BCUT2D eigenvalue weighted by Gasteiger charge is -2.08. The number of amidine groups is 1. The third-order valence-electron chi connectivity index (χ3n) is 3.05. The number of fused-ring (bicyclic) bond motifs is 1. The van der Waals surface area contributed by atoms with Gasteiger partial charge in [0.25, 0.3) is 0 Å². The Hall–Kier alpha value is -1.78. The van der Waals surface area contributed by atoms with Crippen LogP contribution in [0, 0.1) is 5.41 Å². The highest BCUT2D eigenvalue weighted by Gasteiger charge is 2.13. The van der Waals surface area contributed by atoms with E-state index >= 15 is 0 Å². The fourth-order valence-electron chi connectivity index (χ4n) is 1.84. The summed E-state index contributed by atoms with van der Waals surface area (Å²) >= 11 is 0. The van der Waals surface area contributed by atoms with Crippen LogP contribution in [0.5, 0.6) is 0 Å².